The molecule has 0 radical (unpaired) electrons. The van der Waals surface area contributed by atoms with Gasteiger partial charge in [0.15, 0.2) is 0 Å². The van der Waals surface area contributed by atoms with Crippen LogP contribution in [0.5, 0.6) is 0 Å². The van der Waals surface area contributed by atoms with Gasteiger partial charge in [-0.05, 0) is 51.4 Å². The first-order valence-corrected chi connectivity index (χ1v) is 7.51. The highest BCUT2D eigenvalue weighted by atomic mass is 35.5. The standard InChI is InChI=1S/C16H25ClN2O2/c1-6-19(10-16(4,5)21)9-14(20)18-15-12(3)7-11(2)8-13(15)17/h7-8,21H,6,9-10H2,1-5H3,(H,18,20). The van der Waals surface area contributed by atoms with Gasteiger partial charge in [-0.1, -0.05) is 24.6 Å². The van der Waals surface area contributed by atoms with Crippen molar-refractivity contribution in [2.45, 2.75) is 40.2 Å². The average molecular weight is 313 g/mol. The molecule has 21 heavy (non-hydrogen) atoms. The minimum atomic E-state index is -0.826. The smallest absolute Gasteiger partial charge is 0.238 e. The number of rotatable bonds is 6. The first-order valence-electron chi connectivity index (χ1n) is 7.13. The molecular weight excluding hydrogens is 288 g/mol. The van der Waals surface area contributed by atoms with E-state index in [1.165, 1.54) is 0 Å². The van der Waals surface area contributed by atoms with E-state index in [1.54, 1.807) is 13.8 Å². The van der Waals surface area contributed by atoms with E-state index in [-0.39, 0.29) is 12.5 Å². The van der Waals surface area contributed by atoms with E-state index in [4.69, 9.17) is 11.6 Å². The highest BCUT2D eigenvalue weighted by Gasteiger charge is 2.19. The first-order chi connectivity index (χ1) is 9.62. The van der Waals surface area contributed by atoms with Gasteiger partial charge < -0.3 is 10.4 Å². The van der Waals surface area contributed by atoms with E-state index in [0.29, 0.717) is 23.8 Å². The number of benzene rings is 1. The molecule has 0 heterocycles. The Morgan fingerprint density at radius 1 is 1.38 bits per heavy atom. The Bertz CT molecular complexity index is 486. The largest absolute Gasteiger partial charge is 0.389 e. The third-order valence-electron chi connectivity index (χ3n) is 3.12. The Kier molecular flexibility index (Phi) is 6.20. The Morgan fingerprint density at radius 2 is 2.00 bits per heavy atom. The Hall–Kier alpha value is -1.10. The molecule has 1 rings (SSSR count). The van der Waals surface area contributed by atoms with Crippen LogP contribution < -0.4 is 5.32 Å². The number of carbonyl (C=O) groups is 1. The maximum absolute atomic E-state index is 12.2. The van der Waals surface area contributed by atoms with Crippen molar-refractivity contribution in [1.29, 1.82) is 0 Å². The third kappa shape index (κ3) is 6.04. The number of aryl methyl sites for hydroxylation is 2. The molecule has 2 N–H and O–H groups in total. The Morgan fingerprint density at radius 3 is 2.48 bits per heavy atom. The number of nitrogens with zero attached hydrogens (tertiary/aromatic N) is 1. The molecule has 0 atom stereocenters. The van der Waals surface area contributed by atoms with Crippen LogP contribution in [-0.4, -0.2) is 41.1 Å². The molecule has 0 fully saturated rings. The quantitative estimate of drug-likeness (QED) is 0.849. The van der Waals surface area contributed by atoms with Crippen LogP contribution in [0.4, 0.5) is 5.69 Å². The van der Waals surface area contributed by atoms with Crippen LogP contribution in [0.2, 0.25) is 5.02 Å². The van der Waals surface area contributed by atoms with Crippen LogP contribution in [0.1, 0.15) is 31.9 Å². The van der Waals surface area contributed by atoms with E-state index >= 15 is 0 Å². The van der Waals surface area contributed by atoms with Gasteiger partial charge in [-0.25, -0.2) is 0 Å². The van der Waals surface area contributed by atoms with Gasteiger partial charge >= 0.3 is 0 Å². The predicted molar refractivity (Wildman–Crippen MR) is 88.0 cm³/mol. The Balaban J connectivity index is 2.73. The second-order valence-electron chi connectivity index (χ2n) is 6.10. The number of carbonyl (C=O) groups excluding carboxylic acids is 1. The van der Waals surface area contributed by atoms with Gasteiger partial charge in [0.2, 0.25) is 5.91 Å². The van der Waals surface area contributed by atoms with Crippen molar-refractivity contribution in [1.82, 2.24) is 4.90 Å². The molecule has 5 heteroatoms. The summed E-state index contributed by atoms with van der Waals surface area (Å²) in [5.41, 5.74) is 1.84. The third-order valence-corrected chi connectivity index (χ3v) is 3.42. The van der Waals surface area contributed by atoms with E-state index in [2.05, 4.69) is 5.32 Å². The van der Waals surface area contributed by atoms with Gasteiger partial charge in [-0.2, -0.15) is 0 Å². The number of aliphatic hydroxyl groups is 1. The summed E-state index contributed by atoms with van der Waals surface area (Å²) in [7, 11) is 0. The average Bonchev–Trinajstić information content (AvgIpc) is 2.31. The molecule has 0 bridgehead atoms. The van der Waals surface area contributed by atoms with E-state index in [1.807, 2.05) is 37.8 Å². The van der Waals surface area contributed by atoms with Gasteiger partial charge in [-0.3, -0.25) is 9.69 Å². The number of nitrogens with one attached hydrogen (secondary N) is 1. The zero-order valence-electron chi connectivity index (χ0n) is 13.5. The number of likely N-dealkylation sites (N-methyl/N-ethyl adjacent to an activating group) is 1. The summed E-state index contributed by atoms with van der Waals surface area (Å²) in [6, 6.07) is 3.81. The topological polar surface area (TPSA) is 52.6 Å². The summed E-state index contributed by atoms with van der Waals surface area (Å²) in [6.07, 6.45) is 0. The number of hydrogen-bond donors (Lipinski definition) is 2. The molecule has 0 aliphatic carbocycles. The van der Waals surface area contributed by atoms with Crippen LogP contribution in [0.3, 0.4) is 0 Å². The number of anilines is 1. The summed E-state index contributed by atoms with van der Waals surface area (Å²) in [6.45, 7) is 10.7. The predicted octanol–water partition coefficient (Wildman–Crippen LogP) is 2.99. The lowest BCUT2D eigenvalue weighted by molar-refractivity contribution is -0.117. The molecule has 1 aromatic carbocycles. The maximum Gasteiger partial charge on any atom is 0.238 e. The van der Waals surface area contributed by atoms with Crippen molar-refractivity contribution in [3.63, 3.8) is 0 Å². The van der Waals surface area contributed by atoms with Crippen molar-refractivity contribution in [3.05, 3.63) is 28.3 Å². The fraction of sp³-hybridized carbons (Fsp3) is 0.562. The first kappa shape index (κ1) is 18.0. The van der Waals surface area contributed by atoms with Crippen molar-refractivity contribution in [2.24, 2.45) is 0 Å². The van der Waals surface area contributed by atoms with Crippen LogP contribution in [-0.2, 0) is 4.79 Å². The minimum absolute atomic E-state index is 0.130. The van der Waals surface area contributed by atoms with Gasteiger partial charge in [-0.15, -0.1) is 0 Å². The van der Waals surface area contributed by atoms with Crippen molar-refractivity contribution >= 4 is 23.2 Å². The molecule has 0 aliphatic heterocycles. The summed E-state index contributed by atoms with van der Waals surface area (Å²) < 4.78 is 0. The minimum Gasteiger partial charge on any atom is -0.389 e. The molecule has 0 aromatic heterocycles. The fourth-order valence-electron chi connectivity index (χ4n) is 2.28. The second kappa shape index (κ2) is 7.25. The Labute approximate surface area is 132 Å². The second-order valence-corrected chi connectivity index (χ2v) is 6.51. The fourth-order valence-corrected chi connectivity index (χ4v) is 2.65. The molecule has 0 unspecified atom stereocenters. The van der Waals surface area contributed by atoms with Crippen molar-refractivity contribution < 1.29 is 9.90 Å². The number of halogens is 1. The van der Waals surface area contributed by atoms with E-state index in [0.717, 1.165) is 11.1 Å². The molecule has 0 saturated heterocycles. The molecular formula is C16H25ClN2O2. The molecule has 0 saturated carbocycles. The normalized spacial score (nSPS) is 11.8. The highest BCUT2D eigenvalue weighted by Crippen LogP contribution is 2.27. The molecule has 1 aromatic rings. The van der Waals surface area contributed by atoms with E-state index < -0.39 is 5.60 Å². The zero-order valence-corrected chi connectivity index (χ0v) is 14.2. The van der Waals surface area contributed by atoms with Gasteiger partial charge in [0, 0.05) is 6.54 Å². The van der Waals surface area contributed by atoms with Gasteiger partial charge in [0.05, 0.1) is 22.9 Å². The van der Waals surface area contributed by atoms with Crippen LogP contribution in [0.25, 0.3) is 0 Å². The van der Waals surface area contributed by atoms with E-state index in [9.17, 15) is 9.90 Å². The number of amides is 1. The molecule has 118 valence electrons. The van der Waals surface area contributed by atoms with Crippen molar-refractivity contribution in [3.8, 4) is 0 Å². The summed E-state index contributed by atoms with van der Waals surface area (Å²) >= 11 is 6.19. The lowest BCUT2D eigenvalue weighted by Gasteiger charge is -2.27. The molecule has 0 aliphatic rings. The molecule has 0 spiro atoms. The molecule has 4 nitrogen and oxygen atoms in total. The summed E-state index contributed by atoms with van der Waals surface area (Å²) in [4.78, 5) is 14.1. The van der Waals surface area contributed by atoms with Crippen LogP contribution in [0, 0.1) is 13.8 Å². The van der Waals surface area contributed by atoms with Gasteiger partial charge in [0.1, 0.15) is 0 Å². The molecule has 1 amide bonds. The highest BCUT2D eigenvalue weighted by molar-refractivity contribution is 6.34. The van der Waals surface area contributed by atoms with Crippen LogP contribution in [0.15, 0.2) is 12.1 Å². The number of hydrogen-bond acceptors (Lipinski definition) is 3. The summed E-state index contributed by atoms with van der Waals surface area (Å²) in [5, 5.41) is 13.3. The van der Waals surface area contributed by atoms with Gasteiger partial charge in [0.25, 0.3) is 0 Å². The van der Waals surface area contributed by atoms with Crippen molar-refractivity contribution in [2.75, 3.05) is 25.0 Å². The zero-order chi connectivity index (χ0) is 16.2. The monoisotopic (exact) mass is 312 g/mol. The maximum atomic E-state index is 12.2. The lowest BCUT2D eigenvalue weighted by atomic mass is 10.1. The summed E-state index contributed by atoms with van der Waals surface area (Å²) in [5.74, 6) is -0.130. The van der Waals surface area contributed by atoms with Crippen LogP contribution >= 0.6 is 11.6 Å². The SMILES string of the molecule is CCN(CC(=O)Nc1c(C)cc(C)cc1Cl)CC(C)(C)O. The lowest BCUT2D eigenvalue weighted by Crippen LogP contribution is -2.42.